The lowest BCUT2D eigenvalue weighted by atomic mass is 10.0. The molecule has 4 aromatic carbocycles. The molecule has 8 aromatic rings. The van der Waals surface area contributed by atoms with E-state index in [0.29, 0.717) is 41.2 Å². The Bertz CT molecular complexity index is 3140. The van der Waals surface area contributed by atoms with Crippen LogP contribution < -0.4 is 19.3 Å². The maximum atomic E-state index is 12.4. The van der Waals surface area contributed by atoms with Crippen LogP contribution in [-0.4, -0.2) is 54.4 Å². The summed E-state index contributed by atoms with van der Waals surface area (Å²) in [6.07, 6.45) is 0. The van der Waals surface area contributed by atoms with Crippen LogP contribution in [-0.2, 0) is 54.6 Å². The highest BCUT2D eigenvalue weighted by Crippen LogP contribution is 2.34. The number of halogens is 2. The molecule has 4 aromatic heterocycles. The molecule has 0 amide bonds. The Balaban J connectivity index is 0.000000217. The number of carbonyl (C=O) groups excluding carboxylic acids is 1. The molecule has 1 N–H and O–H groups in total. The van der Waals surface area contributed by atoms with Crippen LogP contribution in [0, 0.1) is 27.7 Å². The van der Waals surface area contributed by atoms with Crippen LogP contribution >= 0.6 is 45.9 Å². The third-order valence-electron chi connectivity index (χ3n) is 12.3. The van der Waals surface area contributed by atoms with E-state index in [1.54, 1.807) is 57.3 Å². The van der Waals surface area contributed by atoms with Crippen molar-refractivity contribution in [2.24, 2.45) is 14.1 Å². The number of aryl methyl sites for hydroxylation is 6. The van der Waals surface area contributed by atoms with Crippen molar-refractivity contribution in [3.8, 4) is 34.0 Å². The molecule has 74 heavy (non-hydrogen) atoms. The summed E-state index contributed by atoms with van der Waals surface area (Å²) in [7, 11) is 3.93. The number of esters is 1. The topological polar surface area (TPSA) is 124 Å². The second-order valence-corrected chi connectivity index (χ2v) is 21.8. The summed E-state index contributed by atoms with van der Waals surface area (Å²) in [5.74, 6) is 1.95. The van der Waals surface area contributed by atoms with E-state index in [9.17, 15) is 14.7 Å². The fourth-order valence-electron chi connectivity index (χ4n) is 8.60. The van der Waals surface area contributed by atoms with E-state index in [1.165, 1.54) is 11.1 Å². The third-order valence-corrected chi connectivity index (χ3v) is 14.3. The van der Waals surface area contributed by atoms with Gasteiger partial charge in [-0.3, -0.25) is 9.36 Å². The molecule has 0 atom stereocenters. The van der Waals surface area contributed by atoms with Crippen molar-refractivity contribution in [3.05, 3.63) is 173 Å². The standard InChI is InChI=1S/C30H34ClN3O3S.C28H30ClN3O3S/c1-7-36-29(35)30(4,5)37-28-20(2)14-23(15-21(28)3)18-34(17-22-12-13-38-19-22)27-16-26(32-33(27)6)24-8-10-25(31)11-9-24;1-18-12-21(13-19(2)26(18)35-28(3,4)27(33)34)16-32(15-20-10-11-36-17-20)25-14-24(30-31(25)5)22-6-8-23(29)9-7-22/h8-16,19H,7,17-18H2,1-6H3;6-14,17H,15-16H2,1-5H3,(H,33,34). The van der Waals surface area contributed by atoms with Gasteiger partial charge in [0.25, 0.3) is 0 Å². The van der Waals surface area contributed by atoms with Gasteiger partial charge in [-0.25, -0.2) is 9.59 Å². The van der Waals surface area contributed by atoms with E-state index in [-0.39, 0.29) is 5.97 Å². The van der Waals surface area contributed by atoms with Crippen LogP contribution in [0.4, 0.5) is 11.6 Å². The van der Waals surface area contributed by atoms with Crippen molar-refractivity contribution in [1.82, 2.24) is 19.6 Å². The van der Waals surface area contributed by atoms with Crippen molar-refractivity contribution < 1.29 is 28.9 Å². The van der Waals surface area contributed by atoms with E-state index in [4.69, 9.17) is 47.6 Å². The first kappa shape index (κ1) is 55.2. The molecule has 0 aliphatic rings. The van der Waals surface area contributed by atoms with Crippen molar-refractivity contribution in [1.29, 1.82) is 0 Å². The van der Waals surface area contributed by atoms with Gasteiger partial charge in [0.05, 0.1) is 18.0 Å². The van der Waals surface area contributed by atoms with Gasteiger partial charge in [0, 0.05) is 73.6 Å². The second-order valence-electron chi connectivity index (χ2n) is 19.4. The average Bonchev–Trinajstić information content (AvgIpc) is 4.19. The summed E-state index contributed by atoms with van der Waals surface area (Å²) >= 11 is 15.5. The molecule has 8 rings (SSSR count). The van der Waals surface area contributed by atoms with Crippen LogP contribution in [0.2, 0.25) is 10.0 Å². The van der Waals surface area contributed by atoms with Gasteiger partial charge in [0.15, 0.2) is 11.2 Å². The zero-order valence-corrected chi connectivity index (χ0v) is 47.0. The van der Waals surface area contributed by atoms with E-state index >= 15 is 0 Å². The van der Waals surface area contributed by atoms with Gasteiger partial charge in [-0.15, -0.1) is 0 Å². The Labute approximate surface area is 452 Å². The molecule has 0 unspecified atom stereocenters. The molecule has 0 aliphatic heterocycles. The summed E-state index contributed by atoms with van der Waals surface area (Å²) in [6, 6.07) is 32.3. The first-order valence-electron chi connectivity index (χ1n) is 24.2. The van der Waals surface area contributed by atoms with Gasteiger partial charge >= 0.3 is 11.9 Å². The van der Waals surface area contributed by atoms with Crippen LogP contribution in [0.5, 0.6) is 11.5 Å². The summed E-state index contributed by atoms with van der Waals surface area (Å²) in [6.45, 7) is 19.4. The maximum absolute atomic E-state index is 12.4. The number of carboxylic acids is 1. The summed E-state index contributed by atoms with van der Waals surface area (Å²) < 4.78 is 21.1. The quantitative estimate of drug-likeness (QED) is 0.0783. The van der Waals surface area contributed by atoms with Crippen LogP contribution in [0.15, 0.2) is 119 Å². The number of nitrogens with zero attached hydrogens (tertiary/aromatic N) is 6. The van der Waals surface area contributed by atoms with Gasteiger partial charge in [0.1, 0.15) is 23.1 Å². The number of benzene rings is 4. The lowest BCUT2D eigenvalue weighted by molar-refractivity contribution is -0.158. The molecular formula is C58H64Cl2N6O6S2. The SMILES string of the molecule is CCOC(=O)C(C)(C)Oc1c(C)cc(CN(Cc2ccsc2)c2cc(-c3ccc(Cl)cc3)nn2C)cc1C.Cc1cc(CN(Cc2ccsc2)c2cc(-c3ccc(Cl)cc3)nn2C)cc(C)c1OC(C)(C)C(=O)O. The fraction of sp³-hybridized carbons (Fsp3) is 0.310. The highest BCUT2D eigenvalue weighted by atomic mass is 35.5. The number of anilines is 2. The van der Waals surface area contributed by atoms with Crippen molar-refractivity contribution >= 4 is 69.4 Å². The molecule has 0 aliphatic carbocycles. The molecule has 0 bridgehead atoms. The van der Waals surface area contributed by atoms with E-state index in [1.807, 2.05) is 99.7 Å². The Morgan fingerprint density at radius 2 is 0.946 bits per heavy atom. The molecule has 4 heterocycles. The number of hydrogen-bond acceptors (Lipinski definition) is 11. The minimum Gasteiger partial charge on any atom is -0.478 e. The van der Waals surface area contributed by atoms with Gasteiger partial charge in [-0.05, 0) is 165 Å². The zero-order valence-electron chi connectivity index (χ0n) is 43.8. The highest BCUT2D eigenvalue weighted by molar-refractivity contribution is 7.08. The fourth-order valence-corrected chi connectivity index (χ4v) is 10.2. The zero-order chi connectivity index (χ0) is 53.5. The van der Waals surface area contributed by atoms with Gasteiger partial charge < -0.3 is 29.1 Å². The van der Waals surface area contributed by atoms with E-state index in [2.05, 4.69) is 79.9 Å². The predicted molar refractivity (Wildman–Crippen MR) is 301 cm³/mol. The van der Waals surface area contributed by atoms with Crippen LogP contribution in [0.1, 0.15) is 79.1 Å². The molecule has 0 spiro atoms. The second kappa shape index (κ2) is 23.7. The predicted octanol–water partition coefficient (Wildman–Crippen LogP) is 14.2. The van der Waals surface area contributed by atoms with Crippen molar-refractivity contribution in [2.75, 3.05) is 16.4 Å². The van der Waals surface area contributed by atoms with Crippen LogP contribution in [0.25, 0.3) is 22.5 Å². The highest BCUT2D eigenvalue weighted by Gasteiger charge is 2.33. The first-order chi connectivity index (χ1) is 35.1. The number of ether oxygens (including phenoxy) is 3. The molecule has 0 radical (unpaired) electrons. The largest absolute Gasteiger partial charge is 0.478 e. The molecule has 0 saturated carbocycles. The molecular weight excluding hydrogens is 1010 g/mol. The third kappa shape index (κ3) is 13.8. The van der Waals surface area contributed by atoms with Gasteiger partial charge in [-0.2, -0.15) is 32.9 Å². The van der Waals surface area contributed by atoms with E-state index in [0.717, 1.165) is 80.6 Å². The minimum absolute atomic E-state index is 0.316. The maximum Gasteiger partial charge on any atom is 0.349 e. The normalized spacial score (nSPS) is 11.5. The Morgan fingerprint density at radius 1 is 0.581 bits per heavy atom. The number of carboxylic acid groups (broad SMARTS) is 1. The summed E-state index contributed by atoms with van der Waals surface area (Å²) in [5.41, 5.74) is 9.89. The van der Waals surface area contributed by atoms with Crippen molar-refractivity contribution in [2.45, 2.75) is 99.7 Å². The Kier molecular flexibility index (Phi) is 17.7. The Morgan fingerprint density at radius 3 is 1.28 bits per heavy atom. The van der Waals surface area contributed by atoms with Crippen LogP contribution in [0.3, 0.4) is 0 Å². The molecule has 0 fully saturated rings. The molecule has 12 nitrogen and oxygen atoms in total. The van der Waals surface area contributed by atoms with Gasteiger partial charge in [0.2, 0.25) is 0 Å². The minimum atomic E-state index is -1.31. The number of aliphatic carboxylic acids is 1. The average molecular weight is 1080 g/mol. The molecule has 0 saturated heterocycles. The van der Waals surface area contributed by atoms with Gasteiger partial charge in [-0.1, -0.05) is 71.7 Å². The molecule has 16 heteroatoms. The van der Waals surface area contributed by atoms with E-state index < -0.39 is 17.2 Å². The first-order valence-corrected chi connectivity index (χ1v) is 26.9. The number of hydrogen-bond donors (Lipinski definition) is 1. The summed E-state index contributed by atoms with van der Waals surface area (Å²) in [4.78, 5) is 28.6. The van der Waals surface area contributed by atoms with Crippen molar-refractivity contribution in [3.63, 3.8) is 0 Å². The number of thiophene rings is 2. The number of carbonyl (C=O) groups is 2. The smallest absolute Gasteiger partial charge is 0.349 e. The lowest BCUT2D eigenvalue weighted by Gasteiger charge is -2.28. The molecule has 388 valence electrons. The number of rotatable bonds is 19. The monoisotopic (exact) mass is 1070 g/mol. The number of aromatic nitrogens is 4. The Hall–Kier alpha value is -6.58. The lowest BCUT2D eigenvalue weighted by Crippen LogP contribution is -2.40. The summed E-state index contributed by atoms with van der Waals surface area (Å²) in [5, 5.41) is 29.0.